The molecule has 0 aliphatic rings. The Morgan fingerprint density at radius 1 is 1.50 bits per heavy atom. The van der Waals surface area contributed by atoms with Crippen LogP contribution in [-0.4, -0.2) is 0 Å². The second-order valence-electron chi connectivity index (χ2n) is 2.75. The van der Waals surface area contributed by atoms with E-state index in [9.17, 15) is 8.78 Å². The molecule has 0 bridgehead atoms. The zero-order chi connectivity index (χ0) is 10.8. The highest BCUT2D eigenvalue weighted by Gasteiger charge is 2.27. The largest absolute Gasteiger partial charge is 0.398 e. The van der Waals surface area contributed by atoms with Gasteiger partial charge < -0.3 is 5.73 Å². The van der Waals surface area contributed by atoms with Crippen LogP contribution in [-0.2, 0) is 10.4 Å². The molecule has 0 fully saturated rings. The molecule has 2 nitrogen and oxygen atoms in total. The number of hydrogen-bond acceptors (Lipinski definition) is 2. The third-order valence-electron chi connectivity index (χ3n) is 1.74. The number of halogens is 3. The van der Waals surface area contributed by atoms with Gasteiger partial charge in [0.25, 0.3) is 0 Å². The minimum atomic E-state index is -2.92. The maximum atomic E-state index is 12.8. The zero-order valence-corrected chi connectivity index (χ0v) is 9.26. The molecule has 1 aromatic carbocycles. The molecule has 0 saturated carbocycles. The van der Waals surface area contributed by atoms with Gasteiger partial charge in [0.1, 0.15) is 0 Å². The predicted molar refractivity (Wildman–Crippen MR) is 58.1 cm³/mol. The van der Waals surface area contributed by atoms with Gasteiger partial charge in [0, 0.05) is 33.8 Å². The average molecular weight is 308 g/mol. The summed E-state index contributed by atoms with van der Waals surface area (Å²) in [5.74, 6) is 0. The SMILES string of the molecule is N#CCc1ccc(C(F)(F)I)cc1N. The lowest BCUT2D eigenvalue weighted by molar-refractivity contribution is 0.127. The fourth-order valence-electron chi connectivity index (χ4n) is 1.02. The summed E-state index contributed by atoms with van der Waals surface area (Å²) in [5, 5.41) is 8.42. The fourth-order valence-corrected chi connectivity index (χ4v) is 1.35. The van der Waals surface area contributed by atoms with Crippen molar-refractivity contribution in [3.8, 4) is 6.07 Å². The van der Waals surface area contributed by atoms with Gasteiger partial charge >= 0.3 is 3.93 Å². The molecule has 2 N–H and O–H groups in total. The van der Waals surface area contributed by atoms with Gasteiger partial charge in [-0.05, 0) is 11.6 Å². The van der Waals surface area contributed by atoms with Crippen molar-refractivity contribution in [2.75, 3.05) is 5.73 Å². The Kier molecular flexibility index (Phi) is 3.26. The third kappa shape index (κ3) is 2.54. The first kappa shape index (κ1) is 11.2. The van der Waals surface area contributed by atoms with Crippen molar-refractivity contribution >= 4 is 28.3 Å². The van der Waals surface area contributed by atoms with Gasteiger partial charge in [0.2, 0.25) is 0 Å². The second-order valence-corrected chi connectivity index (χ2v) is 4.10. The van der Waals surface area contributed by atoms with Crippen LogP contribution in [0.5, 0.6) is 0 Å². The van der Waals surface area contributed by atoms with E-state index in [1.54, 1.807) is 0 Å². The molecule has 0 radical (unpaired) electrons. The van der Waals surface area contributed by atoms with Gasteiger partial charge in [-0.1, -0.05) is 12.1 Å². The van der Waals surface area contributed by atoms with Crippen molar-refractivity contribution in [1.29, 1.82) is 5.26 Å². The predicted octanol–water partition coefficient (Wildman–Crippen LogP) is 2.82. The quantitative estimate of drug-likeness (QED) is 0.519. The molecule has 74 valence electrons. The summed E-state index contributed by atoms with van der Waals surface area (Å²) in [6.45, 7) is 0. The average Bonchev–Trinajstić information content (AvgIpc) is 2.07. The Balaban J connectivity index is 3.08. The van der Waals surface area contributed by atoms with Crippen molar-refractivity contribution in [3.63, 3.8) is 0 Å². The molecular formula is C9H7F2IN2. The molecular weight excluding hydrogens is 301 g/mol. The van der Waals surface area contributed by atoms with E-state index in [1.165, 1.54) is 18.2 Å². The molecule has 0 saturated heterocycles. The van der Waals surface area contributed by atoms with Crippen LogP contribution in [0.25, 0.3) is 0 Å². The van der Waals surface area contributed by atoms with Crippen molar-refractivity contribution < 1.29 is 8.78 Å². The normalized spacial score (nSPS) is 11.0. The summed E-state index contributed by atoms with van der Waals surface area (Å²) in [4.78, 5) is 0. The molecule has 0 aliphatic carbocycles. The number of nitriles is 1. The zero-order valence-electron chi connectivity index (χ0n) is 7.10. The molecule has 0 amide bonds. The summed E-state index contributed by atoms with van der Waals surface area (Å²) < 4.78 is 22.7. The topological polar surface area (TPSA) is 49.8 Å². The highest BCUT2D eigenvalue weighted by atomic mass is 127. The highest BCUT2D eigenvalue weighted by Crippen LogP contribution is 2.36. The van der Waals surface area contributed by atoms with Gasteiger partial charge in [0.05, 0.1) is 12.5 Å². The van der Waals surface area contributed by atoms with Crippen molar-refractivity contribution in [2.45, 2.75) is 10.4 Å². The third-order valence-corrected chi connectivity index (χ3v) is 2.37. The molecule has 0 unspecified atom stereocenters. The van der Waals surface area contributed by atoms with Crippen LogP contribution in [0.1, 0.15) is 11.1 Å². The van der Waals surface area contributed by atoms with Gasteiger partial charge in [-0.15, -0.1) is 0 Å². The molecule has 0 spiro atoms. The number of rotatable bonds is 2. The number of nitrogens with zero attached hydrogens (tertiary/aromatic N) is 1. The minimum absolute atomic E-state index is 0.138. The number of anilines is 1. The monoisotopic (exact) mass is 308 g/mol. The molecule has 0 aliphatic heterocycles. The number of nitrogen functional groups attached to an aromatic ring is 1. The van der Waals surface area contributed by atoms with E-state index in [2.05, 4.69) is 0 Å². The summed E-state index contributed by atoms with van der Waals surface area (Å²) >= 11 is 1.04. The number of benzene rings is 1. The Morgan fingerprint density at radius 2 is 2.14 bits per heavy atom. The highest BCUT2D eigenvalue weighted by molar-refractivity contribution is 14.1. The summed E-state index contributed by atoms with van der Waals surface area (Å²) in [6.07, 6.45) is 0.138. The lowest BCUT2D eigenvalue weighted by Crippen LogP contribution is -2.04. The molecule has 0 heterocycles. The van der Waals surface area contributed by atoms with Crippen LogP contribution in [0.3, 0.4) is 0 Å². The lowest BCUT2D eigenvalue weighted by Gasteiger charge is -2.10. The number of alkyl halides is 3. The van der Waals surface area contributed by atoms with E-state index in [-0.39, 0.29) is 17.7 Å². The van der Waals surface area contributed by atoms with E-state index >= 15 is 0 Å². The Labute approximate surface area is 93.9 Å². The van der Waals surface area contributed by atoms with E-state index in [0.717, 1.165) is 22.6 Å². The van der Waals surface area contributed by atoms with Crippen LogP contribution in [0.2, 0.25) is 0 Å². The van der Waals surface area contributed by atoms with Crippen LogP contribution >= 0.6 is 22.6 Å². The maximum Gasteiger partial charge on any atom is 0.321 e. The molecule has 5 heteroatoms. The van der Waals surface area contributed by atoms with E-state index in [0.29, 0.717) is 5.56 Å². The maximum absolute atomic E-state index is 12.8. The fraction of sp³-hybridized carbons (Fsp3) is 0.222. The summed E-state index contributed by atoms with van der Waals surface area (Å²) in [6, 6.07) is 5.87. The van der Waals surface area contributed by atoms with E-state index < -0.39 is 3.93 Å². The van der Waals surface area contributed by atoms with Crippen molar-refractivity contribution in [1.82, 2.24) is 0 Å². The Bertz CT molecular complexity index is 379. The lowest BCUT2D eigenvalue weighted by atomic mass is 10.1. The number of nitrogens with two attached hydrogens (primary N) is 1. The van der Waals surface area contributed by atoms with Gasteiger partial charge in [-0.25, -0.2) is 0 Å². The van der Waals surface area contributed by atoms with Gasteiger partial charge in [0.15, 0.2) is 0 Å². The molecule has 0 atom stereocenters. The molecule has 1 rings (SSSR count). The van der Waals surface area contributed by atoms with Crippen molar-refractivity contribution in [2.24, 2.45) is 0 Å². The van der Waals surface area contributed by atoms with Crippen LogP contribution in [0.15, 0.2) is 18.2 Å². The molecule has 1 aromatic rings. The standard InChI is InChI=1S/C9H7F2IN2/c10-9(11,12)7-2-1-6(3-4-13)8(14)5-7/h1-2,5H,3,14H2. The number of hydrogen-bond donors (Lipinski definition) is 1. The van der Waals surface area contributed by atoms with Crippen LogP contribution < -0.4 is 5.73 Å². The Hall–Kier alpha value is -0.900. The van der Waals surface area contributed by atoms with Gasteiger partial charge in [-0.3, -0.25) is 0 Å². The first-order valence-electron chi connectivity index (χ1n) is 3.77. The summed E-state index contributed by atoms with van der Waals surface area (Å²) in [5.41, 5.74) is 6.19. The van der Waals surface area contributed by atoms with Crippen molar-refractivity contribution in [3.05, 3.63) is 29.3 Å². The first-order chi connectivity index (χ1) is 6.45. The molecule has 14 heavy (non-hydrogen) atoms. The van der Waals surface area contributed by atoms with Crippen LogP contribution in [0.4, 0.5) is 14.5 Å². The molecule has 0 aromatic heterocycles. The second kappa shape index (κ2) is 4.09. The minimum Gasteiger partial charge on any atom is -0.398 e. The summed E-state index contributed by atoms with van der Waals surface area (Å²) in [7, 11) is 0. The van der Waals surface area contributed by atoms with E-state index in [1.807, 2.05) is 6.07 Å². The first-order valence-corrected chi connectivity index (χ1v) is 4.85. The van der Waals surface area contributed by atoms with Gasteiger partial charge in [-0.2, -0.15) is 14.0 Å². The smallest absolute Gasteiger partial charge is 0.321 e. The van der Waals surface area contributed by atoms with E-state index in [4.69, 9.17) is 11.0 Å². The van der Waals surface area contributed by atoms with Crippen LogP contribution in [0, 0.1) is 11.3 Å². The Morgan fingerprint density at radius 3 is 2.57 bits per heavy atom.